The minimum absolute atomic E-state index is 0.465. The van der Waals surface area contributed by atoms with Gasteiger partial charge in [-0.2, -0.15) is 0 Å². The van der Waals surface area contributed by atoms with Crippen LogP contribution in [0.3, 0.4) is 0 Å². The van der Waals surface area contributed by atoms with Crippen LogP contribution >= 0.6 is 11.6 Å². The molecule has 3 nitrogen and oxygen atoms in total. The van der Waals surface area contributed by atoms with Crippen molar-refractivity contribution in [2.75, 3.05) is 18.5 Å². The first-order valence-corrected chi connectivity index (χ1v) is 3.76. The van der Waals surface area contributed by atoms with Crippen molar-refractivity contribution in [1.29, 1.82) is 0 Å². The Bertz CT molecular complexity index is 277. The maximum absolute atomic E-state index is 5.66. The molecule has 1 aliphatic rings. The van der Waals surface area contributed by atoms with E-state index < -0.39 is 0 Å². The molecule has 11 heavy (non-hydrogen) atoms. The molecule has 0 fully saturated rings. The Morgan fingerprint density at radius 1 is 1.64 bits per heavy atom. The predicted molar refractivity (Wildman–Crippen MR) is 43.2 cm³/mol. The fourth-order valence-corrected chi connectivity index (χ4v) is 1.16. The van der Waals surface area contributed by atoms with Gasteiger partial charge in [0.1, 0.15) is 17.5 Å². The van der Waals surface area contributed by atoms with E-state index in [4.69, 9.17) is 16.3 Å². The first-order chi connectivity index (χ1) is 5.36. The zero-order chi connectivity index (χ0) is 7.68. The Hall–Kier alpha value is -0.960. The number of pyridine rings is 1. The molecule has 0 saturated heterocycles. The predicted octanol–water partition coefficient (Wildman–Crippen LogP) is 1.54. The molecule has 0 bridgehead atoms. The van der Waals surface area contributed by atoms with Crippen molar-refractivity contribution >= 4 is 17.3 Å². The number of fused-ring (bicyclic) bond motifs is 1. The quantitative estimate of drug-likeness (QED) is 0.600. The van der Waals surface area contributed by atoms with E-state index in [1.54, 1.807) is 12.3 Å². The van der Waals surface area contributed by atoms with Crippen molar-refractivity contribution in [3.8, 4) is 5.75 Å². The molecule has 0 aromatic carbocycles. The number of hydrogen-bond acceptors (Lipinski definition) is 3. The summed E-state index contributed by atoms with van der Waals surface area (Å²) in [5.74, 6) is 0.788. The molecule has 1 N–H and O–H groups in total. The third-order valence-electron chi connectivity index (χ3n) is 1.51. The van der Waals surface area contributed by atoms with E-state index in [-0.39, 0.29) is 0 Å². The standard InChI is InChI=1S/C7H7ClN2O/c8-7-3-6-5(4-10-7)9-1-2-11-6/h3-4,9H,1-2H2. The molecular weight excluding hydrogens is 164 g/mol. The van der Waals surface area contributed by atoms with Crippen molar-refractivity contribution in [2.45, 2.75) is 0 Å². The summed E-state index contributed by atoms with van der Waals surface area (Å²) < 4.78 is 5.32. The Morgan fingerprint density at radius 3 is 3.45 bits per heavy atom. The van der Waals surface area contributed by atoms with Crippen molar-refractivity contribution in [3.63, 3.8) is 0 Å². The second kappa shape index (κ2) is 2.58. The number of hydrogen-bond donors (Lipinski definition) is 1. The van der Waals surface area contributed by atoms with Gasteiger partial charge in [-0.1, -0.05) is 11.6 Å². The zero-order valence-corrected chi connectivity index (χ0v) is 6.56. The number of rotatable bonds is 0. The zero-order valence-electron chi connectivity index (χ0n) is 5.80. The lowest BCUT2D eigenvalue weighted by Crippen LogP contribution is -2.17. The molecule has 1 aliphatic heterocycles. The molecule has 0 radical (unpaired) electrons. The van der Waals surface area contributed by atoms with Gasteiger partial charge in [-0.3, -0.25) is 0 Å². The highest BCUT2D eigenvalue weighted by atomic mass is 35.5. The van der Waals surface area contributed by atoms with Gasteiger partial charge >= 0.3 is 0 Å². The van der Waals surface area contributed by atoms with Crippen molar-refractivity contribution in [2.24, 2.45) is 0 Å². The minimum atomic E-state index is 0.465. The molecule has 1 aromatic heterocycles. The van der Waals surface area contributed by atoms with Crippen LogP contribution in [0, 0.1) is 0 Å². The van der Waals surface area contributed by atoms with E-state index in [1.165, 1.54) is 0 Å². The molecule has 0 unspecified atom stereocenters. The molecule has 0 saturated carbocycles. The molecule has 4 heteroatoms. The van der Waals surface area contributed by atoms with Crippen LogP contribution in [0.25, 0.3) is 0 Å². The van der Waals surface area contributed by atoms with Crippen LogP contribution in [0.4, 0.5) is 5.69 Å². The summed E-state index contributed by atoms with van der Waals surface area (Å²) in [6, 6.07) is 1.71. The smallest absolute Gasteiger partial charge is 0.147 e. The first kappa shape index (κ1) is 6.73. The highest BCUT2D eigenvalue weighted by Crippen LogP contribution is 2.27. The molecule has 0 spiro atoms. The summed E-state index contributed by atoms with van der Waals surface area (Å²) >= 11 is 5.66. The molecular formula is C7H7ClN2O. The van der Waals surface area contributed by atoms with Crippen molar-refractivity contribution in [3.05, 3.63) is 17.4 Å². The van der Waals surface area contributed by atoms with E-state index in [2.05, 4.69) is 10.3 Å². The van der Waals surface area contributed by atoms with Crippen molar-refractivity contribution in [1.82, 2.24) is 4.98 Å². The largest absolute Gasteiger partial charge is 0.489 e. The van der Waals surface area contributed by atoms with Gasteiger partial charge in [0, 0.05) is 12.6 Å². The fourth-order valence-electron chi connectivity index (χ4n) is 1.01. The Labute approximate surface area is 69.3 Å². The number of nitrogens with one attached hydrogen (secondary N) is 1. The van der Waals surface area contributed by atoms with Gasteiger partial charge in [0.05, 0.1) is 11.9 Å². The van der Waals surface area contributed by atoms with E-state index >= 15 is 0 Å². The SMILES string of the molecule is Clc1cc2c(cn1)NCCO2. The summed E-state index contributed by atoms with van der Waals surface area (Å²) in [5.41, 5.74) is 0.917. The number of halogens is 1. The lowest BCUT2D eigenvalue weighted by molar-refractivity contribution is 0.323. The topological polar surface area (TPSA) is 34.2 Å². The number of ether oxygens (including phenoxy) is 1. The average Bonchev–Trinajstić information content (AvgIpc) is 2.04. The summed E-state index contributed by atoms with van der Waals surface area (Å²) in [4.78, 5) is 3.92. The van der Waals surface area contributed by atoms with E-state index in [1.807, 2.05) is 0 Å². The van der Waals surface area contributed by atoms with Crippen LogP contribution in [0.15, 0.2) is 12.3 Å². The lowest BCUT2D eigenvalue weighted by Gasteiger charge is -2.17. The second-order valence-corrected chi connectivity index (χ2v) is 2.67. The fraction of sp³-hybridized carbons (Fsp3) is 0.286. The molecule has 2 rings (SSSR count). The summed E-state index contributed by atoms with van der Waals surface area (Å²) in [5, 5.41) is 3.61. The molecule has 0 aliphatic carbocycles. The van der Waals surface area contributed by atoms with Crippen LogP contribution in [-0.4, -0.2) is 18.1 Å². The third kappa shape index (κ3) is 1.24. The Morgan fingerprint density at radius 2 is 2.55 bits per heavy atom. The van der Waals surface area contributed by atoms with Crippen LogP contribution in [0.5, 0.6) is 5.75 Å². The molecule has 58 valence electrons. The summed E-state index contributed by atoms with van der Waals surface area (Å²) in [6.07, 6.45) is 1.68. The summed E-state index contributed by atoms with van der Waals surface area (Å²) in [6.45, 7) is 1.52. The highest BCUT2D eigenvalue weighted by molar-refractivity contribution is 6.29. The average molecular weight is 171 g/mol. The molecule has 0 atom stereocenters. The van der Waals surface area contributed by atoms with Gasteiger partial charge < -0.3 is 10.1 Å². The molecule has 0 amide bonds. The van der Waals surface area contributed by atoms with Gasteiger partial charge in [-0.15, -0.1) is 0 Å². The van der Waals surface area contributed by atoms with E-state index in [0.29, 0.717) is 11.8 Å². The monoisotopic (exact) mass is 170 g/mol. The van der Waals surface area contributed by atoms with Gasteiger partial charge in [-0.25, -0.2) is 4.98 Å². The summed E-state index contributed by atoms with van der Waals surface area (Å²) in [7, 11) is 0. The van der Waals surface area contributed by atoms with Gasteiger partial charge in [-0.05, 0) is 0 Å². The Balaban J connectivity index is 2.43. The highest BCUT2D eigenvalue weighted by Gasteiger charge is 2.09. The van der Waals surface area contributed by atoms with Crippen molar-refractivity contribution < 1.29 is 4.74 Å². The maximum Gasteiger partial charge on any atom is 0.147 e. The van der Waals surface area contributed by atoms with Gasteiger partial charge in [0.15, 0.2) is 0 Å². The van der Waals surface area contributed by atoms with E-state index in [0.717, 1.165) is 18.0 Å². The van der Waals surface area contributed by atoms with E-state index in [9.17, 15) is 0 Å². The second-order valence-electron chi connectivity index (χ2n) is 2.28. The minimum Gasteiger partial charge on any atom is -0.489 e. The van der Waals surface area contributed by atoms with Crippen LogP contribution in [0.2, 0.25) is 5.15 Å². The number of nitrogens with zero attached hydrogens (tertiary/aromatic N) is 1. The van der Waals surface area contributed by atoms with Gasteiger partial charge in [0.2, 0.25) is 0 Å². The van der Waals surface area contributed by atoms with Crippen LogP contribution in [-0.2, 0) is 0 Å². The van der Waals surface area contributed by atoms with Crippen LogP contribution < -0.4 is 10.1 Å². The number of anilines is 1. The maximum atomic E-state index is 5.66. The molecule has 1 aromatic rings. The Kier molecular flexibility index (Phi) is 1.58. The first-order valence-electron chi connectivity index (χ1n) is 3.38. The van der Waals surface area contributed by atoms with Gasteiger partial charge in [0.25, 0.3) is 0 Å². The normalized spacial score (nSPS) is 14.6. The number of aromatic nitrogens is 1. The van der Waals surface area contributed by atoms with Crippen LogP contribution in [0.1, 0.15) is 0 Å². The third-order valence-corrected chi connectivity index (χ3v) is 1.71. The lowest BCUT2D eigenvalue weighted by atomic mass is 10.3. The molecule has 2 heterocycles.